The van der Waals surface area contributed by atoms with Crippen molar-refractivity contribution in [1.29, 1.82) is 0 Å². The predicted molar refractivity (Wildman–Crippen MR) is 115 cm³/mol. The summed E-state index contributed by atoms with van der Waals surface area (Å²) in [4.78, 5) is 4.68. The van der Waals surface area contributed by atoms with Crippen molar-refractivity contribution in [3.8, 4) is 11.5 Å². The molecule has 0 atom stereocenters. The maximum Gasteiger partial charge on any atom is 0.231 e. The van der Waals surface area contributed by atoms with E-state index in [0.717, 1.165) is 59.5 Å². The minimum absolute atomic E-state index is 0.319. The van der Waals surface area contributed by atoms with E-state index in [1.54, 1.807) is 0 Å². The van der Waals surface area contributed by atoms with Gasteiger partial charge in [-0.15, -0.1) is 0 Å². The number of piperazine rings is 1. The highest BCUT2D eigenvalue weighted by atomic mass is 79.9. The molecule has 0 aliphatic carbocycles. The molecular formula is C20H22BrN3O2S. The number of anilines is 1. The Labute approximate surface area is 173 Å². The van der Waals surface area contributed by atoms with Crippen molar-refractivity contribution in [2.45, 2.75) is 13.5 Å². The number of aryl methyl sites for hydroxylation is 1. The van der Waals surface area contributed by atoms with Crippen LogP contribution in [-0.4, -0.2) is 47.9 Å². The highest BCUT2D eigenvalue weighted by Crippen LogP contribution is 2.32. The zero-order valence-corrected chi connectivity index (χ0v) is 17.6. The highest BCUT2D eigenvalue weighted by Gasteiger charge is 2.20. The molecule has 2 aliphatic heterocycles. The number of fused-ring (bicyclic) bond motifs is 1. The van der Waals surface area contributed by atoms with Crippen LogP contribution >= 0.6 is 28.1 Å². The number of rotatable bonds is 3. The van der Waals surface area contributed by atoms with Crippen molar-refractivity contribution in [3.63, 3.8) is 0 Å². The van der Waals surface area contributed by atoms with Crippen LogP contribution in [0, 0.1) is 6.92 Å². The third kappa shape index (κ3) is 4.36. The quantitative estimate of drug-likeness (QED) is 0.716. The first-order valence-corrected chi connectivity index (χ1v) is 10.2. The Morgan fingerprint density at radius 1 is 1.07 bits per heavy atom. The molecule has 27 heavy (non-hydrogen) atoms. The first-order valence-electron chi connectivity index (χ1n) is 9.01. The second kappa shape index (κ2) is 8.04. The molecule has 2 aromatic rings. The molecule has 0 amide bonds. The normalized spacial score (nSPS) is 16.4. The Morgan fingerprint density at radius 2 is 1.85 bits per heavy atom. The molecule has 0 aromatic heterocycles. The monoisotopic (exact) mass is 447 g/mol. The Kier molecular flexibility index (Phi) is 5.52. The molecule has 0 spiro atoms. The van der Waals surface area contributed by atoms with Gasteiger partial charge in [-0.2, -0.15) is 0 Å². The first kappa shape index (κ1) is 18.5. The SMILES string of the molecule is Cc1cc(NC(=S)N2CCN(Cc3ccc4c(c3)OCO4)CC2)ccc1Br. The Balaban J connectivity index is 1.29. The maximum atomic E-state index is 5.61. The van der Waals surface area contributed by atoms with Gasteiger partial charge in [0, 0.05) is 42.9 Å². The van der Waals surface area contributed by atoms with Crippen molar-refractivity contribution in [2.75, 3.05) is 38.3 Å². The number of hydrogen-bond acceptors (Lipinski definition) is 4. The van der Waals surface area contributed by atoms with Gasteiger partial charge < -0.3 is 19.7 Å². The molecule has 2 aromatic carbocycles. The summed E-state index contributed by atoms with van der Waals surface area (Å²) in [7, 11) is 0. The van der Waals surface area contributed by atoms with Gasteiger partial charge in [-0.25, -0.2) is 0 Å². The van der Waals surface area contributed by atoms with Gasteiger partial charge >= 0.3 is 0 Å². The van der Waals surface area contributed by atoms with Gasteiger partial charge in [0.05, 0.1) is 0 Å². The third-order valence-electron chi connectivity index (χ3n) is 4.91. The maximum absolute atomic E-state index is 5.61. The number of nitrogens with one attached hydrogen (secondary N) is 1. The number of ether oxygens (including phenoxy) is 2. The summed E-state index contributed by atoms with van der Waals surface area (Å²) in [5.74, 6) is 1.68. The predicted octanol–water partition coefficient (Wildman–Crippen LogP) is 4.00. The molecule has 142 valence electrons. The molecule has 7 heteroatoms. The summed E-state index contributed by atoms with van der Waals surface area (Å²) in [5.41, 5.74) is 3.47. The lowest BCUT2D eigenvalue weighted by molar-refractivity contribution is 0.173. The summed E-state index contributed by atoms with van der Waals surface area (Å²) in [6.45, 7) is 7.12. The molecule has 0 radical (unpaired) electrons. The minimum atomic E-state index is 0.319. The fourth-order valence-corrected chi connectivity index (χ4v) is 3.88. The van der Waals surface area contributed by atoms with E-state index < -0.39 is 0 Å². The fraction of sp³-hybridized carbons (Fsp3) is 0.350. The Morgan fingerprint density at radius 3 is 2.63 bits per heavy atom. The smallest absolute Gasteiger partial charge is 0.231 e. The van der Waals surface area contributed by atoms with Crippen LogP contribution in [0.1, 0.15) is 11.1 Å². The van der Waals surface area contributed by atoms with Crippen molar-refractivity contribution >= 4 is 38.9 Å². The molecule has 5 nitrogen and oxygen atoms in total. The summed E-state index contributed by atoms with van der Waals surface area (Å²) in [5, 5.41) is 4.15. The van der Waals surface area contributed by atoms with E-state index >= 15 is 0 Å². The van der Waals surface area contributed by atoms with Crippen LogP contribution in [0.25, 0.3) is 0 Å². The van der Waals surface area contributed by atoms with Crippen molar-refractivity contribution < 1.29 is 9.47 Å². The molecule has 4 rings (SSSR count). The summed E-state index contributed by atoms with van der Waals surface area (Å²) in [6.07, 6.45) is 0. The average molecular weight is 448 g/mol. The first-order chi connectivity index (χ1) is 13.1. The lowest BCUT2D eigenvalue weighted by atomic mass is 10.1. The van der Waals surface area contributed by atoms with E-state index in [-0.39, 0.29) is 0 Å². The topological polar surface area (TPSA) is 37.0 Å². The number of hydrogen-bond donors (Lipinski definition) is 1. The van der Waals surface area contributed by atoms with Gasteiger partial charge in [-0.05, 0) is 60.6 Å². The second-order valence-electron chi connectivity index (χ2n) is 6.84. The fourth-order valence-electron chi connectivity index (χ4n) is 3.33. The number of thiocarbonyl (C=S) groups is 1. The molecule has 1 fully saturated rings. The Hall–Kier alpha value is -1.83. The van der Waals surface area contributed by atoms with E-state index in [0.29, 0.717) is 6.79 Å². The molecule has 2 heterocycles. The molecule has 0 unspecified atom stereocenters. The van der Waals surface area contributed by atoms with Crippen molar-refractivity contribution in [3.05, 3.63) is 52.0 Å². The average Bonchev–Trinajstić information content (AvgIpc) is 3.13. The third-order valence-corrected chi connectivity index (χ3v) is 6.16. The molecule has 2 aliphatic rings. The van der Waals surface area contributed by atoms with Gasteiger partial charge in [0.15, 0.2) is 16.6 Å². The molecule has 1 N–H and O–H groups in total. The van der Waals surface area contributed by atoms with E-state index in [4.69, 9.17) is 21.7 Å². The summed E-state index contributed by atoms with van der Waals surface area (Å²) >= 11 is 9.14. The van der Waals surface area contributed by atoms with Gasteiger partial charge in [0.1, 0.15) is 0 Å². The number of benzene rings is 2. The molecule has 0 bridgehead atoms. The lowest BCUT2D eigenvalue weighted by Gasteiger charge is -2.36. The standard InChI is InChI=1S/C20H22BrN3O2S/c1-14-10-16(3-4-17(14)21)22-20(27)24-8-6-23(7-9-24)12-15-2-5-18-19(11-15)26-13-25-18/h2-5,10-11H,6-9,12-13H2,1H3,(H,22,27). The van der Waals surface area contributed by atoms with Crippen LogP contribution in [0.4, 0.5) is 5.69 Å². The molecule has 1 saturated heterocycles. The molecule has 0 saturated carbocycles. The number of halogens is 1. The van der Waals surface area contributed by atoms with Gasteiger partial charge in [0.25, 0.3) is 0 Å². The van der Waals surface area contributed by atoms with Crippen LogP contribution in [-0.2, 0) is 6.54 Å². The largest absolute Gasteiger partial charge is 0.454 e. The lowest BCUT2D eigenvalue weighted by Crippen LogP contribution is -2.49. The summed E-state index contributed by atoms with van der Waals surface area (Å²) < 4.78 is 12.0. The molecular weight excluding hydrogens is 426 g/mol. The van der Waals surface area contributed by atoms with Crippen molar-refractivity contribution in [1.82, 2.24) is 9.80 Å². The zero-order chi connectivity index (χ0) is 18.8. The van der Waals surface area contributed by atoms with E-state index in [1.165, 1.54) is 11.1 Å². The van der Waals surface area contributed by atoms with Crippen LogP contribution in [0.3, 0.4) is 0 Å². The summed E-state index contributed by atoms with van der Waals surface area (Å²) in [6, 6.07) is 12.4. The van der Waals surface area contributed by atoms with Gasteiger partial charge in [0.2, 0.25) is 6.79 Å². The van der Waals surface area contributed by atoms with Crippen molar-refractivity contribution in [2.24, 2.45) is 0 Å². The van der Waals surface area contributed by atoms with E-state index in [2.05, 4.69) is 56.2 Å². The van der Waals surface area contributed by atoms with E-state index in [9.17, 15) is 0 Å². The van der Waals surface area contributed by atoms with Crippen LogP contribution < -0.4 is 14.8 Å². The highest BCUT2D eigenvalue weighted by molar-refractivity contribution is 9.10. The van der Waals surface area contributed by atoms with Crippen LogP contribution in [0.2, 0.25) is 0 Å². The van der Waals surface area contributed by atoms with Gasteiger partial charge in [-0.1, -0.05) is 22.0 Å². The van der Waals surface area contributed by atoms with Crippen LogP contribution in [0.5, 0.6) is 11.5 Å². The van der Waals surface area contributed by atoms with Gasteiger partial charge in [-0.3, -0.25) is 4.90 Å². The number of nitrogens with zero attached hydrogens (tertiary/aromatic N) is 2. The zero-order valence-electron chi connectivity index (χ0n) is 15.2. The van der Waals surface area contributed by atoms with E-state index in [1.807, 2.05) is 18.2 Å². The Bertz CT molecular complexity index is 853. The minimum Gasteiger partial charge on any atom is -0.454 e. The second-order valence-corrected chi connectivity index (χ2v) is 8.09. The van der Waals surface area contributed by atoms with Crippen LogP contribution in [0.15, 0.2) is 40.9 Å².